The van der Waals surface area contributed by atoms with Crippen LogP contribution in [-0.4, -0.2) is 24.2 Å². The van der Waals surface area contributed by atoms with Gasteiger partial charge in [0.15, 0.2) is 0 Å². The number of carbonyl (C=O) groups excluding carboxylic acids is 1. The Morgan fingerprint density at radius 3 is 2.57 bits per heavy atom. The lowest BCUT2D eigenvalue weighted by molar-refractivity contribution is -0.146. The van der Waals surface area contributed by atoms with Crippen molar-refractivity contribution >= 4 is 11.7 Å². The van der Waals surface area contributed by atoms with Crippen LogP contribution in [0.25, 0.3) is 0 Å². The van der Waals surface area contributed by atoms with Crippen LogP contribution < -0.4 is 4.90 Å². The van der Waals surface area contributed by atoms with E-state index in [1.807, 2.05) is 13.8 Å². The Balaban J connectivity index is 2.65. The van der Waals surface area contributed by atoms with Crippen molar-refractivity contribution < 1.29 is 9.53 Å². The summed E-state index contributed by atoms with van der Waals surface area (Å²) in [6, 6.07) is 6.54. The van der Waals surface area contributed by atoms with Gasteiger partial charge in [-0.15, -0.1) is 0 Å². The van der Waals surface area contributed by atoms with Gasteiger partial charge in [-0.2, -0.15) is 0 Å². The van der Waals surface area contributed by atoms with E-state index in [-0.39, 0.29) is 11.5 Å². The van der Waals surface area contributed by atoms with E-state index in [2.05, 4.69) is 50.8 Å². The fourth-order valence-corrected chi connectivity index (χ4v) is 3.94. The fourth-order valence-electron chi connectivity index (χ4n) is 3.94. The van der Waals surface area contributed by atoms with Crippen LogP contribution in [-0.2, 0) is 9.53 Å². The highest BCUT2D eigenvalue weighted by molar-refractivity contribution is 5.86. The third-order valence-corrected chi connectivity index (χ3v) is 4.61. The summed E-state index contributed by atoms with van der Waals surface area (Å²) in [4.78, 5) is 14.6. The van der Waals surface area contributed by atoms with Crippen LogP contribution in [0, 0.1) is 6.92 Å². The van der Waals surface area contributed by atoms with E-state index in [0.29, 0.717) is 5.92 Å². The van der Waals surface area contributed by atoms with Crippen LogP contribution in [0.3, 0.4) is 0 Å². The number of carbonyl (C=O) groups is 1. The molecule has 0 aromatic heterocycles. The van der Waals surface area contributed by atoms with Crippen molar-refractivity contribution in [3.05, 3.63) is 29.3 Å². The number of fused-ring (bicyclic) bond motifs is 1. The van der Waals surface area contributed by atoms with E-state index < -0.39 is 5.54 Å². The molecule has 1 aromatic carbocycles. The van der Waals surface area contributed by atoms with Gasteiger partial charge in [-0.3, -0.25) is 0 Å². The van der Waals surface area contributed by atoms with Crippen molar-refractivity contribution in [2.75, 3.05) is 12.0 Å². The molecule has 1 unspecified atom stereocenters. The Bertz CT molecular complexity index is 560. The summed E-state index contributed by atoms with van der Waals surface area (Å²) in [7, 11) is 1.46. The molecule has 0 saturated carbocycles. The molecule has 3 heteroatoms. The first-order valence-electron chi connectivity index (χ1n) is 7.60. The highest BCUT2D eigenvalue weighted by atomic mass is 16.5. The molecule has 1 atom stereocenters. The highest BCUT2D eigenvalue weighted by Gasteiger charge is 2.47. The van der Waals surface area contributed by atoms with E-state index in [1.165, 1.54) is 18.2 Å². The molecule has 0 aliphatic carbocycles. The molecule has 116 valence electrons. The summed E-state index contributed by atoms with van der Waals surface area (Å²) >= 11 is 0. The molecule has 1 aliphatic rings. The standard InChI is InChI=1S/C18H27NO2/c1-12-8-9-14-13(2)11-17(3,4)19(15(14)10-12)18(5,6)16(20)21-7/h8-10,13H,11H2,1-7H3. The molecule has 0 fully saturated rings. The molecule has 3 nitrogen and oxygen atoms in total. The van der Waals surface area contributed by atoms with Gasteiger partial charge >= 0.3 is 5.97 Å². The molecule has 1 heterocycles. The summed E-state index contributed by atoms with van der Waals surface area (Å²) in [5.74, 6) is 0.290. The number of nitrogens with zero attached hydrogens (tertiary/aromatic N) is 1. The predicted molar refractivity (Wildman–Crippen MR) is 86.9 cm³/mol. The third kappa shape index (κ3) is 2.54. The van der Waals surface area contributed by atoms with Crippen molar-refractivity contribution in [3.63, 3.8) is 0 Å². The van der Waals surface area contributed by atoms with Crippen LogP contribution in [0.15, 0.2) is 18.2 Å². The maximum absolute atomic E-state index is 12.3. The molecule has 0 radical (unpaired) electrons. The summed E-state index contributed by atoms with van der Waals surface area (Å²) in [6.45, 7) is 12.7. The Morgan fingerprint density at radius 2 is 2.00 bits per heavy atom. The van der Waals surface area contributed by atoms with Gasteiger partial charge in [0, 0.05) is 11.2 Å². The average Bonchev–Trinajstić information content (AvgIpc) is 2.35. The molecule has 1 aromatic rings. The van der Waals surface area contributed by atoms with Gasteiger partial charge in [-0.05, 0) is 64.2 Å². The van der Waals surface area contributed by atoms with Gasteiger partial charge in [0.25, 0.3) is 0 Å². The van der Waals surface area contributed by atoms with E-state index in [4.69, 9.17) is 4.74 Å². The van der Waals surface area contributed by atoms with Crippen molar-refractivity contribution in [2.45, 2.75) is 65.0 Å². The Labute approximate surface area is 128 Å². The zero-order valence-electron chi connectivity index (χ0n) is 14.3. The fraction of sp³-hybridized carbons (Fsp3) is 0.611. The number of benzene rings is 1. The van der Waals surface area contributed by atoms with Crippen molar-refractivity contribution in [1.29, 1.82) is 0 Å². The van der Waals surface area contributed by atoms with Crippen LogP contribution in [0.2, 0.25) is 0 Å². The van der Waals surface area contributed by atoms with E-state index >= 15 is 0 Å². The molecule has 0 amide bonds. The topological polar surface area (TPSA) is 29.5 Å². The second kappa shape index (κ2) is 5.04. The Kier molecular flexibility index (Phi) is 3.81. The van der Waals surface area contributed by atoms with Gasteiger partial charge in [0.2, 0.25) is 0 Å². The number of esters is 1. The molecule has 0 spiro atoms. The number of anilines is 1. The minimum atomic E-state index is -0.694. The zero-order chi connectivity index (χ0) is 16.0. The molecule has 0 saturated heterocycles. The zero-order valence-corrected chi connectivity index (χ0v) is 14.3. The highest BCUT2D eigenvalue weighted by Crippen LogP contribution is 2.47. The van der Waals surface area contributed by atoms with Gasteiger partial charge in [0.1, 0.15) is 5.54 Å². The second-order valence-corrected chi connectivity index (χ2v) is 7.37. The smallest absolute Gasteiger partial charge is 0.331 e. The molecule has 2 rings (SSSR count). The first-order valence-corrected chi connectivity index (χ1v) is 7.60. The molecule has 21 heavy (non-hydrogen) atoms. The number of hydrogen-bond acceptors (Lipinski definition) is 3. The molecule has 0 bridgehead atoms. The second-order valence-electron chi connectivity index (χ2n) is 7.37. The minimum absolute atomic E-state index is 0.0993. The molecular formula is C18H27NO2. The Hall–Kier alpha value is -1.51. The van der Waals surface area contributed by atoms with Gasteiger partial charge < -0.3 is 9.64 Å². The van der Waals surface area contributed by atoms with Crippen LogP contribution in [0.1, 0.15) is 58.1 Å². The number of hydrogen-bond donors (Lipinski definition) is 0. The molecule has 0 N–H and O–H groups in total. The normalized spacial score (nSPS) is 20.9. The molecule has 1 aliphatic heterocycles. The van der Waals surface area contributed by atoms with Crippen molar-refractivity contribution in [3.8, 4) is 0 Å². The number of methoxy groups -OCH3 is 1. The van der Waals surface area contributed by atoms with Gasteiger partial charge in [-0.1, -0.05) is 19.1 Å². The summed E-state index contributed by atoms with van der Waals surface area (Å²) in [6.07, 6.45) is 1.02. The number of rotatable bonds is 2. The monoisotopic (exact) mass is 289 g/mol. The SMILES string of the molecule is COC(=O)C(C)(C)N1c2cc(C)ccc2C(C)CC1(C)C. The van der Waals surface area contributed by atoms with Gasteiger partial charge in [0.05, 0.1) is 7.11 Å². The van der Waals surface area contributed by atoms with Crippen LogP contribution in [0.4, 0.5) is 5.69 Å². The van der Waals surface area contributed by atoms with E-state index in [9.17, 15) is 4.79 Å². The Morgan fingerprint density at radius 1 is 1.38 bits per heavy atom. The van der Waals surface area contributed by atoms with Crippen molar-refractivity contribution in [2.24, 2.45) is 0 Å². The minimum Gasteiger partial charge on any atom is -0.467 e. The lowest BCUT2D eigenvalue weighted by Gasteiger charge is -2.53. The largest absolute Gasteiger partial charge is 0.467 e. The summed E-state index contributed by atoms with van der Waals surface area (Å²) in [5.41, 5.74) is 2.90. The maximum Gasteiger partial charge on any atom is 0.331 e. The maximum atomic E-state index is 12.3. The first-order chi connectivity index (χ1) is 9.61. The molecular weight excluding hydrogens is 262 g/mol. The third-order valence-electron chi connectivity index (χ3n) is 4.61. The number of aryl methyl sites for hydroxylation is 1. The lowest BCUT2D eigenvalue weighted by Crippen LogP contribution is -2.62. The average molecular weight is 289 g/mol. The van der Waals surface area contributed by atoms with Gasteiger partial charge in [-0.25, -0.2) is 4.79 Å². The summed E-state index contributed by atoms with van der Waals surface area (Å²) in [5, 5.41) is 0. The van der Waals surface area contributed by atoms with E-state index in [1.54, 1.807) is 0 Å². The first kappa shape index (κ1) is 15.9. The van der Waals surface area contributed by atoms with E-state index in [0.717, 1.165) is 12.1 Å². The quantitative estimate of drug-likeness (QED) is 0.770. The predicted octanol–water partition coefficient (Wildman–Crippen LogP) is 4.04. The number of ether oxygens (including phenoxy) is 1. The summed E-state index contributed by atoms with van der Waals surface area (Å²) < 4.78 is 5.05. The lowest BCUT2D eigenvalue weighted by atomic mass is 9.77. The van der Waals surface area contributed by atoms with Crippen LogP contribution in [0.5, 0.6) is 0 Å². The van der Waals surface area contributed by atoms with Crippen molar-refractivity contribution in [1.82, 2.24) is 0 Å². The van der Waals surface area contributed by atoms with Crippen LogP contribution >= 0.6 is 0 Å².